The van der Waals surface area contributed by atoms with E-state index in [0.29, 0.717) is 21.5 Å². The molecule has 1 heterocycles. The Bertz CT molecular complexity index is 681. The Balaban J connectivity index is 0.000000290. The predicted octanol–water partition coefficient (Wildman–Crippen LogP) is 7.61. The highest BCUT2D eigenvalue weighted by Crippen LogP contribution is 2.35. The lowest BCUT2D eigenvalue weighted by molar-refractivity contribution is 0.101. The first-order chi connectivity index (χ1) is 12.6. The van der Waals surface area contributed by atoms with Gasteiger partial charge in [0.15, 0.2) is 5.78 Å². The third-order valence-electron chi connectivity index (χ3n) is 4.20. The van der Waals surface area contributed by atoms with Crippen molar-refractivity contribution < 1.29 is 4.79 Å². The summed E-state index contributed by atoms with van der Waals surface area (Å²) >= 11 is 13.7. The minimum Gasteiger partial charge on any atom is -0.293 e. The maximum atomic E-state index is 11.3. The largest absolute Gasteiger partial charge is 0.293 e. The number of Topliss-reactive ketones (excluding diaryl/α,β-unsaturated/α-hetero) is 1. The summed E-state index contributed by atoms with van der Waals surface area (Å²) in [5.74, 6) is 0.576. The lowest BCUT2D eigenvalue weighted by Gasteiger charge is -2.06. The van der Waals surface area contributed by atoms with Crippen molar-refractivity contribution in [2.24, 2.45) is 0 Å². The number of benzene rings is 1. The van der Waals surface area contributed by atoms with Crippen LogP contribution in [-0.2, 0) is 5.75 Å². The highest BCUT2D eigenvalue weighted by Gasteiger charge is 2.08. The average molecular weight is 410 g/mol. The van der Waals surface area contributed by atoms with Crippen LogP contribution in [0.1, 0.15) is 68.1 Å². The number of rotatable bonds is 4. The molecule has 0 bridgehead atoms. The van der Waals surface area contributed by atoms with E-state index in [1.54, 1.807) is 18.2 Å². The molecule has 2 nitrogen and oxygen atoms in total. The monoisotopic (exact) mass is 409 g/mol. The van der Waals surface area contributed by atoms with Crippen LogP contribution in [-0.4, -0.2) is 10.8 Å². The number of ketones is 1. The van der Waals surface area contributed by atoms with Crippen molar-refractivity contribution in [2.75, 3.05) is 0 Å². The maximum absolute atomic E-state index is 11.3. The smallest absolute Gasteiger partial charge is 0.178 e. The summed E-state index contributed by atoms with van der Waals surface area (Å²) in [4.78, 5) is 16.4. The number of carbonyl (C=O) groups is 1. The lowest BCUT2D eigenvalue weighted by atomic mass is 10.2. The topological polar surface area (TPSA) is 30.0 Å². The van der Waals surface area contributed by atoms with Crippen molar-refractivity contribution in [2.45, 2.75) is 62.5 Å². The molecule has 1 aliphatic rings. The van der Waals surface area contributed by atoms with Gasteiger partial charge in [-0.15, -0.1) is 11.8 Å². The first kappa shape index (κ1) is 21.3. The Morgan fingerprint density at radius 1 is 0.923 bits per heavy atom. The number of nitrogens with zero attached hydrogens (tertiary/aromatic N) is 1. The molecule has 1 fully saturated rings. The van der Waals surface area contributed by atoms with E-state index < -0.39 is 0 Å². The van der Waals surface area contributed by atoms with Gasteiger partial charge < -0.3 is 0 Å². The van der Waals surface area contributed by atoms with Crippen molar-refractivity contribution >= 4 is 40.7 Å². The van der Waals surface area contributed by atoms with E-state index in [2.05, 4.69) is 4.98 Å². The second-order valence-electron chi connectivity index (χ2n) is 6.38. The summed E-state index contributed by atoms with van der Waals surface area (Å²) in [5.41, 5.74) is 1.30. The van der Waals surface area contributed by atoms with E-state index in [0.717, 1.165) is 10.6 Å². The average Bonchev–Trinajstić information content (AvgIpc) is 2.95. The van der Waals surface area contributed by atoms with Gasteiger partial charge in [-0.25, -0.2) is 4.98 Å². The molecule has 0 atom stereocenters. The van der Waals surface area contributed by atoms with Gasteiger partial charge in [0.1, 0.15) is 5.69 Å². The van der Waals surface area contributed by atoms with Gasteiger partial charge in [0.05, 0.1) is 15.7 Å². The first-order valence-corrected chi connectivity index (χ1v) is 10.9. The Labute approximate surface area is 170 Å². The predicted molar refractivity (Wildman–Crippen MR) is 113 cm³/mol. The highest BCUT2D eigenvalue weighted by molar-refractivity contribution is 7.98. The summed E-state index contributed by atoms with van der Waals surface area (Å²) in [6.45, 7) is 1.50. The quantitative estimate of drug-likeness (QED) is 0.295. The minimum absolute atomic E-state index is 0.0392. The van der Waals surface area contributed by atoms with Crippen LogP contribution in [0.3, 0.4) is 0 Å². The van der Waals surface area contributed by atoms with Crippen LogP contribution in [0, 0.1) is 0 Å². The zero-order valence-electron chi connectivity index (χ0n) is 15.1. The van der Waals surface area contributed by atoms with Gasteiger partial charge >= 0.3 is 0 Å². The fourth-order valence-electron chi connectivity index (χ4n) is 2.76. The van der Waals surface area contributed by atoms with E-state index >= 15 is 0 Å². The molecule has 0 spiro atoms. The van der Waals surface area contributed by atoms with Gasteiger partial charge in [0.25, 0.3) is 0 Å². The minimum atomic E-state index is -0.0392. The summed E-state index contributed by atoms with van der Waals surface area (Å²) in [5, 5.41) is 1.25. The molecule has 0 unspecified atom stereocenters. The normalized spacial score (nSPS) is 14.1. The molecule has 1 aromatic heterocycles. The highest BCUT2D eigenvalue weighted by atomic mass is 35.5. The summed E-state index contributed by atoms with van der Waals surface area (Å²) in [6, 6.07) is 10.8. The van der Waals surface area contributed by atoms with E-state index in [9.17, 15) is 4.79 Å². The van der Waals surface area contributed by atoms with Crippen molar-refractivity contribution in [3.63, 3.8) is 0 Å². The van der Waals surface area contributed by atoms with Crippen LogP contribution in [0.15, 0.2) is 41.3 Å². The van der Waals surface area contributed by atoms with Gasteiger partial charge in [-0.1, -0.05) is 80.3 Å². The zero-order chi connectivity index (χ0) is 18.8. The number of halogens is 2. The Morgan fingerprint density at radius 3 is 1.92 bits per heavy atom. The Hall–Kier alpha value is -1.03. The molecule has 0 saturated heterocycles. The van der Waals surface area contributed by atoms with Crippen LogP contribution in [0.25, 0.3) is 0 Å². The molecule has 0 aliphatic heterocycles. The molecule has 0 amide bonds. The number of aromatic nitrogens is 1. The molecule has 140 valence electrons. The second kappa shape index (κ2) is 11.6. The van der Waals surface area contributed by atoms with E-state index in [-0.39, 0.29) is 5.78 Å². The third kappa shape index (κ3) is 7.30. The summed E-state index contributed by atoms with van der Waals surface area (Å²) in [7, 11) is 0. The number of thioether (sulfide) groups is 1. The fourth-order valence-corrected chi connectivity index (χ4v) is 4.35. The zero-order valence-corrected chi connectivity index (χ0v) is 17.5. The number of pyridine rings is 1. The van der Waals surface area contributed by atoms with Crippen molar-refractivity contribution in [3.8, 4) is 0 Å². The number of hydrogen-bond acceptors (Lipinski definition) is 3. The van der Waals surface area contributed by atoms with Gasteiger partial charge in [-0.2, -0.15) is 0 Å². The molecule has 1 aliphatic carbocycles. The summed E-state index contributed by atoms with van der Waals surface area (Å²) in [6.07, 6.45) is 10.5. The Morgan fingerprint density at radius 2 is 1.42 bits per heavy atom. The molecule has 3 rings (SSSR count). The van der Waals surface area contributed by atoms with Crippen molar-refractivity contribution in [1.82, 2.24) is 4.98 Å². The van der Waals surface area contributed by atoms with Crippen LogP contribution in [0.5, 0.6) is 0 Å². The summed E-state index contributed by atoms with van der Waals surface area (Å²) < 4.78 is 0. The van der Waals surface area contributed by atoms with Crippen LogP contribution >= 0.6 is 35.0 Å². The van der Waals surface area contributed by atoms with E-state index in [1.807, 2.05) is 18.2 Å². The molecule has 0 N–H and O–H groups in total. The first-order valence-electron chi connectivity index (χ1n) is 9.11. The van der Waals surface area contributed by atoms with Crippen LogP contribution in [0.4, 0.5) is 0 Å². The SMILES string of the molecule is C1CCCCCC1.CC(=O)c1cccc(CSc2c(Cl)cccc2Cl)n1. The van der Waals surface area contributed by atoms with E-state index in [1.165, 1.54) is 63.6 Å². The fraction of sp³-hybridized carbons (Fsp3) is 0.429. The Kier molecular flexibility index (Phi) is 9.52. The van der Waals surface area contributed by atoms with Gasteiger partial charge in [-0.05, 0) is 24.3 Å². The third-order valence-corrected chi connectivity index (χ3v) is 6.22. The van der Waals surface area contributed by atoms with Gasteiger partial charge in [0.2, 0.25) is 0 Å². The number of carbonyl (C=O) groups excluding carboxylic acids is 1. The molecule has 0 radical (unpaired) electrons. The van der Waals surface area contributed by atoms with E-state index in [4.69, 9.17) is 23.2 Å². The molecule has 26 heavy (non-hydrogen) atoms. The lowest BCUT2D eigenvalue weighted by Crippen LogP contribution is -1.98. The second-order valence-corrected chi connectivity index (χ2v) is 8.18. The molecule has 2 aromatic rings. The van der Waals surface area contributed by atoms with Gasteiger partial charge in [-0.3, -0.25) is 4.79 Å². The number of hydrogen-bond donors (Lipinski definition) is 0. The molecule has 5 heteroatoms. The van der Waals surface area contributed by atoms with Crippen molar-refractivity contribution in [1.29, 1.82) is 0 Å². The molecular weight excluding hydrogens is 385 g/mol. The standard InChI is InChI=1S/C14H11Cl2NOS.C7H14/c1-9(18)13-7-2-4-10(17-13)8-19-14-11(15)5-3-6-12(14)16;1-2-4-6-7-5-3-1/h2-7H,8H2,1H3;1-7H2. The van der Waals surface area contributed by atoms with Crippen LogP contribution in [0.2, 0.25) is 10.0 Å². The molecule has 1 aromatic carbocycles. The van der Waals surface area contributed by atoms with Crippen LogP contribution < -0.4 is 0 Å². The molecular formula is C21H25Cl2NOS. The van der Waals surface area contributed by atoms with Crippen molar-refractivity contribution in [3.05, 3.63) is 57.8 Å². The van der Waals surface area contributed by atoms with Gasteiger partial charge in [0, 0.05) is 17.6 Å². The molecule has 1 saturated carbocycles. The maximum Gasteiger partial charge on any atom is 0.178 e.